The largest absolute Gasteiger partial charge is 0.497 e. The van der Waals surface area contributed by atoms with Crippen LogP contribution in [-0.4, -0.2) is 32.1 Å². The summed E-state index contributed by atoms with van der Waals surface area (Å²) in [6.45, 7) is 4.38. The molecule has 1 aromatic rings. The highest BCUT2D eigenvalue weighted by Gasteiger charge is 2.05. The summed E-state index contributed by atoms with van der Waals surface area (Å²) in [7, 11) is 3.76. The van der Waals surface area contributed by atoms with Gasteiger partial charge in [0, 0.05) is 12.1 Å². The van der Waals surface area contributed by atoms with Gasteiger partial charge in [-0.2, -0.15) is 0 Å². The number of methoxy groups -OCH3 is 1. The Balaban J connectivity index is 3.02. The van der Waals surface area contributed by atoms with Crippen LogP contribution in [-0.2, 0) is 6.54 Å². The number of ether oxygens (including phenoxy) is 1. The standard InChI is InChI=1S/C14H20N2O/c1-4-16(2)11-13-10-14(17-3)8-7-12(13)6-5-9-15/h7-8,10H,4,9,11,15H2,1-3H3. The molecule has 0 heterocycles. The van der Waals surface area contributed by atoms with E-state index < -0.39 is 0 Å². The highest BCUT2D eigenvalue weighted by Crippen LogP contribution is 2.18. The van der Waals surface area contributed by atoms with E-state index in [-0.39, 0.29) is 0 Å². The Kier molecular flexibility index (Phi) is 5.55. The van der Waals surface area contributed by atoms with Crippen molar-refractivity contribution in [3.8, 4) is 17.6 Å². The van der Waals surface area contributed by atoms with Crippen LogP contribution < -0.4 is 10.5 Å². The average Bonchev–Trinajstić information content (AvgIpc) is 2.36. The third-order valence-corrected chi connectivity index (χ3v) is 2.62. The van der Waals surface area contributed by atoms with Gasteiger partial charge < -0.3 is 15.4 Å². The van der Waals surface area contributed by atoms with Crippen molar-refractivity contribution in [1.82, 2.24) is 4.90 Å². The quantitative estimate of drug-likeness (QED) is 0.799. The molecule has 0 aliphatic carbocycles. The van der Waals surface area contributed by atoms with Gasteiger partial charge in [0.25, 0.3) is 0 Å². The van der Waals surface area contributed by atoms with E-state index in [2.05, 4.69) is 30.7 Å². The van der Waals surface area contributed by atoms with Crippen LogP contribution in [0.5, 0.6) is 5.75 Å². The van der Waals surface area contributed by atoms with Crippen LogP contribution in [0.3, 0.4) is 0 Å². The van der Waals surface area contributed by atoms with Crippen LogP contribution in [0.1, 0.15) is 18.1 Å². The highest BCUT2D eigenvalue weighted by atomic mass is 16.5. The molecule has 92 valence electrons. The predicted molar refractivity (Wildman–Crippen MR) is 70.9 cm³/mol. The smallest absolute Gasteiger partial charge is 0.119 e. The molecule has 2 N–H and O–H groups in total. The summed E-state index contributed by atoms with van der Waals surface area (Å²) in [5, 5.41) is 0. The summed E-state index contributed by atoms with van der Waals surface area (Å²) >= 11 is 0. The molecule has 0 spiro atoms. The van der Waals surface area contributed by atoms with E-state index in [9.17, 15) is 0 Å². The third-order valence-electron chi connectivity index (χ3n) is 2.62. The molecule has 3 heteroatoms. The predicted octanol–water partition coefficient (Wildman–Crippen LogP) is 1.46. The van der Waals surface area contributed by atoms with Crippen LogP contribution in [0.4, 0.5) is 0 Å². The first kappa shape index (κ1) is 13.6. The monoisotopic (exact) mass is 232 g/mol. The van der Waals surface area contributed by atoms with Crippen molar-refractivity contribution in [2.75, 3.05) is 27.2 Å². The fourth-order valence-electron chi connectivity index (χ4n) is 1.50. The molecule has 0 saturated carbocycles. The molecule has 0 fully saturated rings. The first-order valence-electron chi connectivity index (χ1n) is 5.75. The van der Waals surface area contributed by atoms with E-state index in [0.29, 0.717) is 6.54 Å². The SMILES string of the molecule is CCN(C)Cc1cc(OC)ccc1C#CCN. The maximum atomic E-state index is 5.40. The maximum Gasteiger partial charge on any atom is 0.119 e. The molecule has 17 heavy (non-hydrogen) atoms. The lowest BCUT2D eigenvalue weighted by Gasteiger charge is -2.15. The fraction of sp³-hybridized carbons (Fsp3) is 0.429. The van der Waals surface area contributed by atoms with Crippen LogP contribution in [0.2, 0.25) is 0 Å². The van der Waals surface area contributed by atoms with Gasteiger partial charge in [-0.05, 0) is 37.4 Å². The van der Waals surface area contributed by atoms with Crippen LogP contribution >= 0.6 is 0 Å². The molecular formula is C14H20N2O. The van der Waals surface area contributed by atoms with Gasteiger partial charge in [-0.3, -0.25) is 0 Å². The molecule has 0 aromatic heterocycles. The number of rotatable bonds is 4. The molecule has 0 aliphatic heterocycles. The summed E-state index contributed by atoms with van der Waals surface area (Å²) < 4.78 is 5.24. The number of nitrogens with zero attached hydrogens (tertiary/aromatic N) is 1. The molecule has 3 nitrogen and oxygen atoms in total. The Morgan fingerprint density at radius 1 is 1.41 bits per heavy atom. The van der Waals surface area contributed by atoms with Gasteiger partial charge >= 0.3 is 0 Å². The van der Waals surface area contributed by atoms with E-state index in [4.69, 9.17) is 10.5 Å². The Morgan fingerprint density at radius 2 is 2.18 bits per heavy atom. The Morgan fingerprint density at radius 3 is 2.76 bits per heavy atom. The van der Waals surface area contributed by atoms with Crippen LogP contribution in [0.25, 0.3) is 0 Å². The van der Waals surface area contributed by atoms with E-state index in [1.54, 1.807) is 7.11 Å². The molecule has 0 aliphatic rings. The second-order valence-corrected chi connectivity index (χ2v) is 3.86. The van der Waals surface area contributed by atoms with Crippen molar-refractivity contribution < 1.29 is 4.74 Å². The lowest BCUT2D eigenvalue weighted by molar-refractivity contribution is 0.344. The lowest BCUT2D eigenvalue weighted by Crippen LogP contribution is -2.17. The van der Waals surface area contributed by atoms with E-state index in [1.165, 1.54) is 5.56 Å². The van der Waals surface area contributed by atoms with E-state index in [1.807, 2.05) is 18.2 Å². The summed E-state index contributed by atoms with van der Waals surface area (Å²) in [6.07, 6.45) is 0. The lowest BCUT2D eigenvalue weighted by atomic mass is 10.1. The second kappa shape index (κ2) is 6.95. The minimum Gasteiger partial charge on any atom is -0.497 e. The Bertz CT molecular complexity index is 418. The molecule has 0 saturated heterocycles. The fourth-order valence-corrected chi connectivity index (χ4v) is 1.50. The van der Waals surface area contributed by atoms with E-state index >= 15 is 0 Å². The van der Waals surface area contributed by atoms with Gasteiger partial charge in [-0.15, -0.1) is 0 Å². The highest BCUT2D eigenvalue weighted by molar-refractivity contribution is 5.45. The van der Waals surface area contributed by atoms with Crippen molar-refractivity contribution in [2.45, 2.75) is 13.5 Å². The average molecular weight is 232 g/mol. The minimum atomic E-state index is 0.384. The zero-order valence-electron chi connectivity index (χ0n) is 10.8. The van der Waals surface area contributed by atoms with Crippen molar-refractivity contribution in [3.05, 3.63) is 29.3 Å². The topological polar surface area (TPSA) is 38.5 Å². The summed E-state index contributed by atoms with van der Waals surface area (Å²) in [6, 6.07) is 5.95. The molecule has 0 atom stereocenters. The van der Waals surface area contributed by atoms with Gasteiger partial charge in [0.15, 0.2) is 0 Å². The first-order chi connectivity index (χ1) is 8.21. The molecule has 1 aromatic carbocycles. The summed E-state index contributed by atoms with van der Waals surface area (Å²) in [5.41, 5.74) is 7.60. The maximum absolute atomic E-state index is 5.40. The zero-order chi connectivity index (χ0) is 12.7. The second-order valence-electron chi connectivity index (χ2n) is 3.86. The number of hydrogen-bond donors (Lipinski definition) is 1. The van der Waals surface area contributed by atoms with Crippen LogP contribution in [0, 0.1) is 11.8 Å². The number of nitrogens with two attached hydrogens (primary N) is 1. The van der Waals surface area contributed by atoms with E-state index in [0.717, 1.165) is 24.4 Å². The Hall–Kier alpha value is -1.50. The zero-order valence-corrected chi connectivity index (χ0v) is 10.8. The van der Waals surface area contributed by atoms with Gasteiger partial charge in [0.2, 0.25) is 0 Å². The minimum absolute atomic E-state index is 0.384. The van der Waals surface area contributed by atoms with Crippen molar-refractivity contribution in [3.63, 3.8) is 0 Å². The van der Waals surface area contributed by atoms with Crippen molar-refractivity contribution >= 4 is 0 Å². The van der Waals surface area contributed by atoms with Gasteiger partial charge in [0.1, 0.15) is 5.75 Å². The molecule has 0 unspecified atom stereocenters. The molecule has 0 bridgehead atoms. The van der Waals surface area contributed by atoms with Gasteiger partial charge in [-0.1, -0.05) is 18.8 Å². The summed E-state index contributed by atoms with van der Waals surface area (Å²) in [5.74, 6) is 6.85. The van der Waals surface area contributed by atoms with Gasteiger partial charge in [-0.25, -0.2) is 0 Å². The molecule has 1 rings (SSSR count). The van der Waals surface area contributed by atoms with Crippen molar-refractivity contribution in [1.29, 1.82) is 0 Å². The molecule has 0 amide bonds. The molecule has 0 radical (unpaired) electrons. The molecular weight excluding hydrogens is 212 g/mol. The van der Waals surface area contributed by atoms with Crippen LogP contribution in [0.15, 0.2) is 18.2 Å². The van der Waals surface area contributed by atoms with Gasteiger partial charge in [0.05, 0.1) is 13.7 Å². The number of hydrogen-bond acceptors (Lipinski definition) is 3. The normalized spacial score (nSPS) is 9.94. The number of benzene rings is 1. The summed E-state index contributed by atoms with van der Waals surface area (Å²) in [4.78, 5) is 2.22. The third kappa shape index (κ3) is 4.10. The van der Waals surface area contributed by atoms with Crippen molar-refractivity contribution in [2.24, 2.45) is 5.73 Å². The first-order valence-corrected chi connectivity index (χ1v) is 5.75. The Labute approximate surface area is 104 Å².